The summed E-state index contributed by atoms with van der Waals surface area (Å²) in [5.74, 6) is -1.33. The van der Waals surface area contributed by atoms with E-state index in [1.165, 1.54) is 12.2 Å². The van der Waals surface area contributed by atoms with Crippen LogP contribution in [0.15, 0.2) is 72.8 Å². The molecule has 6 nitrogen and oxygen atoms in total. The number of ether oxygens (including phenoxy) is 2. The summed E-state index contributed by atoms with van der Waals surface area (Å²) in [6, 6.07) is 16.5. The molecular weight excluding hydrogens is 384 g/mol. The Morgan fingerprint density at radius 1 is 0.929 bits per heavy atom. The molecule has 0 spiro atoms. The number of aliphatic hydroxyl groups excluding tert-OH is 1. The number of carbonyl (C=O) groups excluding carboxylic acids is 2. The number of alkyl halides is 1. The largest absolute Gasteiger partial charge is 0.459 e. The molecule has 0 bridgehead atoms. The molecule has 0 unspecified atom stereocenters. The summed E-state index contributed by atoms with van der Waals surface area (Å²) in [6.07, 6.45) is 0.0592. The maximum atomic E-state index is 12.2. The molecule has 0 saturated heterocycles. The first kappa shape index (κ1) is 20.1. The van der Waals surface area contributed by atoms with Gasteiger partial charge in [0.15, 0.2) is 0 Å². The van der Waals surface area contributed by atoms with Gasteiger partial charge in [-0.25, -0.2) is 9.59 Å². The molecule has 0 radical (unpaired) electrons. The van der Waals surface area contributed by atoms with Crippen molar-refractivity contribution in [1.29, 1.82) is 0 Å². The average molecular weight is 403 g/mol. The van der Waals surface area contributed by atoms with Crippen molar-refractivity contribution >= 4 is 23.5 Å². The fraction of sp³-hybridized carbons (Fsp3) is 0.238. The topological polar surface area (TPSA) is 93.1 Å². The molecule has 2 aromatic rings. The summed E-state index contributed by atoms with van der Waals surface area (Å²) in [6.45, 7) is -0.570. The Kier molecular flexibility index (Phi) is 6.14. The number of esters is 2. The third kappa shape index (κ3) is 4.25. The predicted molar refractivity (Wildman–Crippen MR) is 102 cm³/mol. The first-order valence-corrected chi connectivity index (χ1v) is 9.06. The van der Waals surface area contributed by atoms with Crippen LogP contribution in [-0.2, 0) is 9.47 Å². The fourth-order valence-corrected chi connectivity index (χ4v) is 3.08. The van der Waals surface area contributed by atoms with Gasteiger partial charge in [-0.15, -0.1) is 11.6 Å². The second-order valence-electron chi connectivity index (χ2n) is 6.40. The van der Waals surface area contributed by atoms with Crippen molar-refractivity contribution in [3.63, 3.8) is 0 Å². The van der Waals surface area contributed by atoms with Crippen LogP contribution < -0.4 is 0 Å². The van der Waals surface area contributed by atoms with Gasteiger partial charge in [0.1, 0.15) is 24.4 Å². The quantitative estimate of drug-likeness (QED) is 0.453. The maximum absolute atomic E-state index is 12.2. The molecule has 0 aromatic heterocycles. The van der Waals surface area contributed by atoms with Crippen LogP contribution in [0.3, 0.4) is 0 Å². The van der Waals surface area contributed by atoms with Crippen LogP contribution >= 0.6 is 11.6 Å². The van der Waals surface area contributed by atoms with Crippen LogP contribution in [0.5, 0.6) is 0 Å². The zero-order valence-corrected chi connectivity index (χ0v) is 15.5. The Balaban J connectivity index is 1.69. The van der Waals surface area contributed by atoms with Gasteiger partial charge in [0.25, 0.3) is 0 Å². The number of aliphatic hydroxyl groups is 2. The standard InChI is InChI=1S/C21H19ClO6/c22-17-12-11-16(28-20(25)15-9-5-2-6-10-15)18(23)21(17,26)13-27-19(24)14-7-3-1-4-8-14/h1-12,16-18,23,26H,13H2/t16-,17+,18+,21-/m1/s1. The zero-order valence-electron chi connectivity index (χ0n) is 14.8. The number of benzene rings is 2. The van der Waals surface area contributed by atoms with Crippen LogP contribution in [0, 0.1) is 0 Å². The van der Waals surface area contributed by atoms with E-state index in [1.54, 1.807) is 60.7 Å². The molecular formula is C21H19ClO6. The van der Waals surface area contributed by atoms with E-state index in [9.17, 15) is 19.8 Å². The molecule has 0 aliphatic heterocycles. The summed E-state index contributed by atoms with van der Waals surface area (Å²) >= 11 is 6.14. The number of halogens is 1. The molecule has 1 aliphatic carbocycles. The van der Waals surface area contributed by atoms with E-state index in [0.717, 1.165) is 0 Å². The molecule has 2 aromatic carbocycles. The molecule has 0 amide bonds. The molecule has 0 heterocycles. The van der Waals surface area contributed by atoms with Gasteiger partial charge in [0, 0.05) is 0 Å². The minimum Gasteiger partial charge on any atom is -0.459 e. The zero-order chi connectivity index (χ0) is 20.1. The van der Waals surface area contributed by atoms with Crippen molar-refractivity contribution in [3.8, 4) is 0 Å². The first-order valence-electron chi connectivity index (χ1n) is 8.63. The highest BCUT2D eigenvalue weighted by atomic mass is 35.5. The number of hydrogen-bond acceptors (Lipinski definition) is 6. The van der Waals surface area contributed by atoms with Gasteiger partial charge >= 0.3 is 11.9 Å². The van der Waals surface area contributed by atoms with Crippen molar-refractivity contribution in [3.05, 3.63) is 83.9 Å². The normalized spacial score (nSPS) is 26.5. The molecule has 0 fully saturated rings. The Morgan fingerprint density at radius 2 is 1.46 bits per heavy atom. The van der Waals surface area contributed by atoms with Gasteiger partial charge in [-0.2, -0.15) is 0 Å². The number of hydrogen-bond donors (Lipinski definition) is 2. The van der Waals surface area contributed by atoms with Crippen molar-refractivity contribution in [2.24, 2.45) is 0 Å². The maximum Gasteiger partial charge on any atom is 0.338 e. The van der Waals surface area contributed by atoms with Crippen LogP contribution in [0.4, 0.5) is 0 Å². The fourth-order valence-electron chi connectivity index (χ4n) is 2.80. The predicted octanol–water partition coefficient (Wildman–Crippen LogP) is 2.34. The molecule has 0 saturated carbocycles. The Hall–Kier alpha value is -2.67. The summed E-state index contributed by atoms with van der Waals surface area (Å²) < 4.78 is 10.4. The van der Waals surface area contributed by atoms with E-state index in [2.05, 4.69) is 0 Å². The van der Waals surface area contributed by atoms with E-state index in [1.807, 2.05) is 0 Å². The minimum absolute atomic E-state index is 0.296. The minimum atomic E-state index is -2.03. The molecule has 2 N–H and O–H groups in total. The van der Waals surface area contributed by atoms with Crippen LogP contribution in [0.2, 0.25) is 0 Å². The third-order valence-electron chi connectivity index (χ3n) is 4.47. The lowest BCUT2D eigenvalue weighted by Gasteiger charge is -2.40. The lowest BCUT2D eigenvalue weighted by molar-refractivity contribution is -0.140. The van der Waals surface area contributed by atoms with Gasteiger partial charge in [-0.3, -0.25) is 0 Å². The van der Waals surface area contributed by atoms with E-state index < -0.39 is 41.7 Å². The monoisotopic (exact) mass is 402 g/mol. The van der Waals surface area contributed by atoms with Gasteiger partial charge < -0.3 is 19.7 Å². The Labute approximate surface area is 167 Å². The first-order chi connectivity index (χ1) is 13.4. The van der Waals surface area contributed by atoms with Crippen LogP contribution in [0.1, 0.15) is 20.7 Å². The highest BCUT2D eigenvalue weighted by molar-refractivity contribution is 6.22. The van der Waals surface area contributed by atoms with Gasteiger partial charge in [0.05, 0.1) is 16.5 Å². The van der Waals surface area contributed by atoms with Crippen molar-refractivity contribution in [1.82, 2.24) is 0 Å². The Morgan fingerprint density at radius 3 is 2.04 bits per heavy atom. The smallest absolute Gasteiger partial charge is 0.338 e. The highest BCUT2D eigenvalue weighted by Crippen LogP contribution is 2.31. The van der Waals surface area contributed by atoms with Gasteiger partial charge in [-0.1, -0.05) is 42.5 Å². The molecule has 28 heavy (non-hydrogen) atoms. The second kappa shape index (κ2) is 8.56. The summed E-state index contributed by atoms with van der Waals surface area (Å²) in [5.41, 5.74) is -1.43. The van der Waals surface area contributed by atoms with Crippen molar-refractivity contribution in [2.45, 2.75) is 23.2 Å². The number of carbonyl (C=O) groups is 2. The van der Waals surface area contributed by atoms with E-state index in [-0.39, 0.29) is 0 Å². The van der Waals surface area contributed by atoms with Gasteiger partial charge in [0.2, 0.25) is 0 Å². The lowest BCUT2D eigenvalue weighted by Crippen LogP contribution is -2.60. The molecule has 4 atom stereocenters. The second-order valence-corrected chi connectivity index (χ2v) is 6.87. The lowest BCUT2D eigenvalue weighted by atomic mass is 9.84. The van der Waals surface area contributed by atoms with E-state index in [0.29, 0.717) is 11.1 Å². The molecule has 7 heteroatoms. The summed E-state index contributed by atoms with van der Waals surface area (Å²) in [7, 11) is 0. The number of rotatable bonds is 5. The third-order valence-corrected chi connectivity index (χ3v) is 4.99. The van der Waals surface area contributed by atoms with E-state index in [4.69, 9.17) is 21.1 Å². The van der Waals surface area contributed by atoms with Crippen molar-refractivity contribution in [2.75, 3.05) is 6.61 Å². The van der Waals surface area contributed by atoms with Gasteiger partial charge in [-0.05, 0) is 30.3 Å². The molecule has 1 aliphatic rings. The molecule has 3 rings (SSSR count). The average Bonchev–Trinajstić information content (AvgIpc) is 2.74. The summed E-state index contributed by atoms with van der Waals surface area (Å²) in [5, 5.41) is 20.4. The summed E-state index contributed by atoms with van der Waals surface area (Å²) in [4.78, 5) is 24.4. The molecule has 146 valence electrons. The Bertz CT molecular complexity index is 854. The van der Waals surface area contributed by atoms with E-state index >= 15 is 0 Å². The van der Waals surface area contributed by atoms with Crippen molar-refractivity contribution < 1.29 is 29.3 Å². The SMILES string of the molecule is O=C(OC[C@@]1(O)[C@@H](Cl)C=C[C@@H](OC(=O)c2ccccc2)[C@@H]1O)c1ccccc1. The van der Waals surface area contributed by atoms with Crippen LogP contribution in [-0.4, -0.2) is 51.9 Å². The van der Waals surface area contributed by atoms with Crippen LogP contribution in [0.25, 0.3) is 0 Å². The highest BCUT2D eigenvalue weighted by Gasteiger charge is 2.50.